The predicted octanol–water partition coefficient (Wildman–Crippen LogP) is 1.04. The van der Waals surface area contributed by atoms with Crippen LogP contribution in [0.5, 0.6) is 23.0 Å². The molecule has 0 spiro atoms. The quantitative estimate of drug-likeness (QED) is 0.812. The van der Waals surface area contributed by atoms with E-state index < -0.39 is 0 Å². The van der Waals surface area contributed by atoms with E-state index in [9.17, 15) is 9.90 Å². The summed E-state index contributed by atoms with van der Waals surface area (Å²) in [5.41, 5.74) is 1.62. The maximum atomic E-state index is 12.7. The van der Waals surface area contributed by atoms with Gasteiger partial charge in [-0.05, 0) is 24.3 Å². The topological polar surface area (TPSA) is 72.3 Å². The van der Waals surface area contributed by atoms with Crippen molar-refractivity contribution >= 4 is 11.9 Å². The summed E-state index contributed by atoms with van der Waals surface area (Å²) in [4.78, 5) is 13.8. The first kappa shape index (κ1) is 17.8. The Morgan fingerprint density at radius 3 is 2.58 bits per heavy atom. The molecule has 136 valence electrons. The van der Waals surface area contributed by atoms with Crippen molar-refractivity contribution < 1.29 is 29.0 Å². The van der Waals surface area contributed by atoms with Crippen LogP contribution in [0.2, 0.25) is 0 Å². The van der Waals surface area contributed by atoms with Gasteiger partial charge in [-0.25, -0.2) is 0 Å². The summed E-state index contributed by atoms with van der Waals surface area (Å²) in [5, 5.41) is 12.2. The van der Waals surface area contributed by atoms with Crippen LogP contribution < -0.4 is 24.2 Å². The van der Waals surface area contributed by atoms with Crippen LogP contribution in [0.15, 0.2) is 36.1 Å². The summed E-state index contributed by atoms with van der Waals surface area (Å²) in [5.74, 6) is 1.38. The molecule has 1 N–H and O–H groups in total. The zero-order valence-corrected chi connectivity index (χ0v) is 15.2. The Bertz CT molecular complexity index is 886. The Hall–Kier alpha value is -2.99. The number of Topliss-reactive ketones (excluding diaryl/α,β-unsaturated/α-hetero) is 1. The summed E-state index contributed by atoms with van der Waals surface area (Å²) in [7, 11) is 7.00. The number of carbonyl (C=O) groups excluding carboxylic acids is 1. The van der Waals surface area contributed by atoms with Crippen molar-refractivity contribution in [3.63, 3.8) is 0 Å². The molecule has 26 heavy (non-hydrogen) atoms. The van der Waals surface area contributed by atoms with Gasteiger partial charge in [-0.15, -0.1) is 0 Å². The van der Waals surface area contributed by atoms with Gasteiger partial charge in [0.2, 0.25) is 5.78 Å². The lowest BCUT2D eigenvalue weighted by atomic mass is 10.0. The van der Waals surface area contributed by atoms with E-state index in [0.29, 0.717) is 40.5 Å². The van der Waals surface area contributed by atoms with Crippen LogP contribution in [-0.2, 0) is 6.54 Å². The zero-order valence-electron chi connectivity index (χ0n) is 15.2. The minimum absolute atomic E-state index is 0.124. The molecule has 2 aromatic carbocycles. The summed E-state index contributed by atoms with van der Waals surface area (Å²) >= 11 is 0. The van der Waals surface area contributed by atoms with Crippen molar-refractivity contribution in [3.8, 4) is 23.0 Å². The molecule has 6 heteroatoms. The average molecular weight is 355 g/mol. The van der Waals surface area contributed by atoms with Crippen LogP contribution in [0.4, 0.5) is 0 Å². The number of ether oxygens (including phenoxy) is 3. The lowest BCUT2D eigenvalue weighted by Gasteiger charge is -2.17. The zero-order chi connectivity index (χ0) is 18.8. The third-order valence-electron chi connectivity index (χ3n) is 4.16. The highest BCUT2D eigenvalue weighted by Crippen LogP contribution is 2.39. The van der Waals surface area contributed by atoms with E-state index in [-0.39, 0.29) is 17.3 Å². The molecule has 0 fully saturated rings. The van der Waals surface area contributed by atoms with Gasteiger partial charge in [-0.3, -0.25) is 4.79 Å². The highest BCUT2D eigenvalue weighted by Gasteiger charge is 2.30. The monoisotopic (exact) mass is 355 g/mol. The standard InChI is InChI=1S/C20H21NO5/c1-21(2)11-15-16(22)8-7-14-19(23)18(26-20(14)15)9-12-5-6-13(24-3)10-17(12)25-4/h5-10,22H,11H2,1-4H3. The van der Waals surface area contributed by atoms with Crippen LogP contribution in [-0.4, -0.2) is 34.1 Å². The van der Waals surface area contributed by atoms with E-state index in [1.54, 1.807) is 38.5 Å². The molecule has 6 nitrogen and oxygen atoms in total. The number of quaternary nitrogens is 1. The molecule has 0 amide bonds. The molecule has 1 aliphatic rings. The minimum atomic E-state index is -0.243. The van der Waals surface area contributed by atoms with Crippen molar-refractivity contribution in [1.82, 2.24) is 0 Å². The largest absolute Gasteiger partial charge is 0.872 e. The van der Waals surface area contributed by atoms with Gasteiger partial charge in [0, 0.05) is 17.2 Å². The van der Waals surface area contributed by atoms with Crippen molar-refractivity contribution in [2.24, 2.45) is 0 Å². The SMILES string of the molecule is COc1ccc(C=C2Oc3c(ccc([O-])c3C[NH+](C)C)C2=O)c(OC)c1. The summed E-state index contributed by atoms with van der Waals surface area (Å²) in [6, 6.07) is 8.25. The molecule has 1 aliphatic heterocycles. The van der Waals surface area contributed by atoms with Crippen molar-refractivity contribution in [2.75, 3.05) is 28.3 Å². The van der Waals surface area contributed by atoms with Gasteiger partial charge < -0.3 is 24.2 Å². The highest BCUT2D eigenvalue weighted by atomic mass is 16.5. The van der Waals surface area contributed by atoms with Crippen LogP contribution >= 0.6 is 0 Å². The number of ketones is 1. The maximum absolute atomic E-state index is 12.7. The molecule has 0 aliphatic carbocycles. The maximum Gasteiger partial charge on any atom is 0.231 e. The first-order valence-corrected chi connectivity index (χ1v) is 8.22. The van der Waals surface area contributed by atoms with Gasteiger partial charge in [0.05, 0.1) is 33.9 Å². The second kappa shape index (κ2) is 7.09. The molecule has 1 heterocycles. The van der Waals surface area contributed by atoms with Gasteiger partial charge in [-0.1, -0.05) is 11.8 Å². The Balaban J connectivity index is 2.02. The van der Waals surface area contributed by atoms with Crippen molar-refractivity contribution in [2.45, 2.75) is 6.54 Å². The van der Waals surface area contributed by atoms with E-state index in [1.807, 2.05) is 14.1 Å². The number of hydrogen-bond donors (Lipinski definition) is 1. The molecule has 2 aromatic rings. The Morgan fingerprint density at radius 1 is 1.15 bits per heavy atom. The Kier molecular flexibility index (Phi) is 4.86. The van der Waals surface area contributed by atoms with Gasteiger partial charge >= 0.3 is 0 Å². The molecular formula is C20H21NO5. The fourth-order valence-corrected chi connectivity index (χ4v) is 2.89. The predicted molar refractivity (Wildman–Crippen MR) is 94.9 cm³/mol. The van der Waals surface area contributed by atoms with Crippen LogP contribution in [0.3, 0.4) is 0 Å². The number of nitrogens with one attached hydrogen (secondary N) is 1. The second-order valence-electron chi connectivity index (χ2n) is 6.35. The molecule has 0 radical (unpaired) electrons. The number of rotatable bonds is 5. The molecule has 0 aromatic heterocycles. The number of hydrogen-bond acceptors (Lipinski definition) is 5. The van der Waals surface area contributed by atoms with Gasteiger partial charge in [0.15, 0.2) is 5.76 Å². The van der Waals surface area contributed by atoms with Gasteiger partial charge in [0.25, 0.3) is 0 Å². The molecular weight excluding hydrogens is 334 g/mol. The van der Waals surface area contributed by atoms with E-state index in [1.165, 1.54) is 12.1 Å². The van der Waals surface area contributed by atoms with E-state index >= 15 is 0 Å². The molecule has 0 unspecified atom stereocenters. The molecule has 0 bridgehead atoms. The lowest BCUT2D eigenvalue weighted by molar-refractivity contribution is -0.872. The number of carbonyl (C=O) groups is 1. The fraction of sp³-hybridized carbons (Fsp3) is 0.250. The van der Waals surface area contributed by atoms with Gasteiger partial charge in [-0.2, -0.15) is 0 Å². The number of benzene rings is 2. The number of methoxy groups -OCH3 is 2. The first-order chi connectivity index (χ1) is 12.4. The molecule has 0 saturated heterocycles. The van der Waals surface area contributed by atoms with Crippen molar-refractivity contribution in [3.05, 3.63) is 52.8 Å². The molecule has 0 atom stereocenters. The first-order valence-electron chi connectivity index (χ1n) is 8.22. The third-order valence-corrected chi connectivity index (χ3v) is 4.16. The summed E-state index contributed by atoms with van der Waals surface area (Å²) < 4.78 is 16.3. The van der Waals surface area contributed by atoms with Crippen molar-refractivity contribution in [1.29, 1.82) is 0 Å². The smallest absolute Gasteiger partial charge is 0.231 e. The van der Waals surface area contributed by atoms with E-state index in [4.69, 9.17) is 14.2 Å². The van der Waals surface area contributed by atoms with E-state index in [2.05, 4.69) is 0 Å². The van der Waals surface area contributed by atoms with Crippen LogP contribution in [0, 0.1) is 0 Å². The number of allylic oxidation sites excluding steroid dienone is 1. The highest BCUT2D eigenvalue weighted by molar-refractivity contribution is 6.15. The Labute approximate surface area is 152 Å². The third kappa shape index (κ3) is 3.23. The molecule has 3 rings (SSSR count). The van der Waals surface area contributed by atoms with Crippen LogP contribution in [0.25, 0.3) is 6.08 Å². The Morgan fingerprint density at radius 2 is 1.92 bits per heavy atom. The number of fused-ring (bicyclic) bond motifs is 1. The second-order valence-corrected chi connectivity index (χ2v) is 6.35. The lowest BCUT2D eigenvalue weighted by Crippen LogP contribution is -3.04. The van der Waals surface area contributed by atoms with E-state index in [0.717, 1.165) is 4.90 Å². The summed E-state index contributed by atoms with van der Waals surface area (Å²) in [6.07, 6.45) is 1.62. The van der Waals surface area contributed by atoms with Crippen LogP contribution in [0.1, 0.15) is 21.5 Å². The minimum Gasteiger partial charge on any atom is -0.872 e. The summed E-state index contributed by atoms with van der Waals surface area (Å²) in [6.45, 7) is 0.481. The normalized spacial score (nSPS) is 14.5. The van der Waals surface area contributed by atoms with Gasteiger partial charge in [0.1, 0.15) is 23.8 Å². The molecule has 0 saturated carbocycles. The average Bonchev–Trinajstić information content (AvgIpc) is 2.93. The fourth-order valence-electron chi connectivity index (χ4n) is 2.89.